The minimum absolute atomic E-state index is 0.320. The van der Waals surface area contributed by atoms with Crippen molar-refractivity contribution in [3.63, 3.8) is 0 Å². The number of hydrogen-bond donors (Lipinski definition) is 0. The topological polar surface area (TPSA) is 71.1 Å². The Morgan fingerprint density at radius 1 is 0.767 bits per heavy atom. The summed E-state index contributed by atoms with van der Waals surface area (Å²) < 4.78 is 21.7. The second-order valence-electron chi connectivity index (χ2n) is 7.15. The molecule has 0 spiro atoms. The van der Waals surface area contributed by atoms with Gasteiger partial charge in [0.15, 0.2) is 0 Å². The standard InChI is InChI=1S/C24H28O6/c1-3-5-15-27-23(25)29-21-17-11-7-9-13-19(17)22(20-14-10-8-12-18(20)21)30-24(26)28-16-6-4-2/h7-11,13H,3-6,12,14-16H2,1-2H3. The molecule has 0 radical (unpaired) electrons. The van der Waals surface area contributed by atoms with E-state index < -0.39 is 12.3 Å². The summed E-state index contributed by atoms with van der Waals surface area (Å²) in [6, 6.07) is 7.40. The Hall–Kier alpha value is -3.02. The molecule has 30 heavy (non-hydrogen) atoms. The number of ether oxygens (including phenoxy) is 4. The molecule has 6 nitrogen and oxygen atoms in total. The van der Waals surface area contributed by atoms with Crippen molar-refractivity contribution in [2.75, 3.05) is 13.2 Å². The van der Waals surface area contributed by atoms with Crippen molar-refractivity contribution in [2.45, 2.75) is 52.4 Å². The summed E-state index contributed by atoms with van der Waals surface area (Å²) in [5, 5.41) is 1.38. The van der Waals surface area contributed by atoms with Gasteiger partial charge >= 0.3 is 12.3 Å². The van der Waals surface area contributed by atoms with E-state index in [-0.39, 0.29) is 0 Å². The van der Waals surface area contributed by atoms with Gasteiger partial charge < -0.3 is 18.9 Å². The Kier molecular flexibility index (Phi) is 7.71. The first-order valence-corrected chi connectivity index (χ1v) is 10.6. The first kappa shape index (κ1) is 21.7. The molecule has 0 saturated carbocycles. The molecule has 0 saturated heterocycles. The maximum absolute atomic E-state index is 12.3. The molecule has 2 aromatic carbocycles. The quantitative estimate of drug-likeness (QED) is 0.225. The van der Waals surface area contributed by atoms with E-state index in [0.29, 0.717) is 48.3 Å². The molecule has 0 bridgehead atoms. The third-order valence-electron chi connectivity index (χ3n) is 4.95. The van der Waals surface area contributed by atoms with Crippen molar-refractivity contribution in [3.05, 3.63) is 47.5 Å². The van der Waals surface area contributed by atoms with Gasteiger partial charge in [-0.1, -0.05) is 63.1 Å². The monoisotopic (exact) mass is 412 g/mol. The molecule has 0 unspecified atom stereocenters. The van der Waals surface area contributed by atoms with Crippen LogP contribution in [0, 0.1) is 0 Å². The zero-order valence-electron chi connectivity index (χ0n) is 17.6. The molecule has 0 amide bonds. The zero-order valence-corrected chi connectivity index (χ0v) is 17.6. The fourth-order valence-electron chi connectivity index (χ4n) is 3.37. The summed E-state index contributed by atoms with van der Waals surface area (Å²) in [5.41, 5.74) is 1.64. The van der Waals surface area contributed by atoms with Gasteiger partial charge in [0.05, 0.1) is 13.2 Å². The van der Waals surface area contributed by atoms with Gasteiger partial charge in [0.2, 0.25) is 0 Å². The van der Waals surface area contributed by atoms with Crippen LogP contribution in [0.25, 0.3) is 10.8 Å². The van der Waals surface area contributed by atoms with Gasteiger partial charge in [-0.3, -0.25) is 0 Å². The van der Waals surface area contributed by atoms with Gasteiger partial charge in [-0.05, 0) is 25.7 Å². The Morgan fingerprint density at radius 2 is 1.20 bits per heavy atom. The van der Waals surface area contributed by atoms with Crippen molar-refractivity contribution in [1.29, 1.82) is 0 Å². The molecule has 0 N–H and O–H groups in total. The normalized spacial score (nSPS) is 12.3. The van der Waals surface area contributed by atoms with Gasteiger partial charge in [-0.15, -0.1) is 0 Å². The van der Waals surface area contributed by atoms with Gasteiger partial charge in [-0.2, -0.15) is 0 Å². The lowest BCUT2D eigenvalue weighted by Gasteiger charge is -2.22. The highest BCUT2D eigenvalue weighted by Crippen LogP contribution is 2.43. The van der Waals surface area contributed by atoms with Crippen molar-refractivity contribution < 1.29 is 28.5 Å². The van der Waals surface area contributed by atoms with Crippen molar-refractivity contribution in [1.82, 2.24) is 0 Å². The van der Waals surface area contributed by atoms with E-state index in [9.17, 15) is 9.59 Å². The van der Waals surface area contributed by atoms with E-state index in [1.807, 2.05) is 50.3 Å². The largest absolute Gasteiger partial charge is 0.513 e. The van der Waals surface area contributed by atoms with E-state index in [1.54, 1.807) is 0 Å². The van der Waals surface area contributed by atoms with E-state index in [1.165, 1.54) is 0 Å². The highest BCUT2D eigenvalue weighted by atomic mass is 16.7. The summed E-state index contributed by atoms with van der Waals surface area (Å²) in [5.74, 6) is 0.913. The first-order chi connectivity index (χ1) is 14.7. The molecule has 0 atom stereocenters. The summed E-state index contributed by atoms with van der Waals surface area (Å²) in [6.07, 6.45) is 7.13. The molecule has 6 heteroatoms. The summed E-state index contributed by atoms with van der Waals surface area (Å²) in [7, 11) is 0. The van der Waals surface area contributed by atoms with Crippen LogP contribution in [0.1, 0.15) is 50.7 Å². The number of hydrogen-bond acceptors (Lipinski definition) is 6. The van der Waals surface area contributed by atoms with Crippen LogP contribution in [0.2, 0.25) is 0 Å². The summed E-state index contributed by atoms with van der Waals surface area (Å²) >= 11 is 0. The van der Waals surface area contributed by atoms with Crippen LogP contribution in [0.5, 0.6) is 11.5 Å². The van der Waals surface area contributed by atoms with Gasteiger partial charge in [0, 0.05) is 21.9 Å². The number of rotatable bonds is 8. The van der Waals surface area contributed by atoms with E-state index in [2.05, 4.69) is 0 Å². The predicted octanol–water partition coefficient (Wildman–Crippen LogP) is 6.13. The summed E-state index contributed by atoms with van der Waals surface area (Å²) in [6.45, 7) is 4.69. The Balaban J connectivity index is 1.97. The van der Waals surface area contributed by atoms with Gasteiger partial charge in [0.25, 0.3) is 0 Å². The van der Waals surface area contributed by atoms with Gasteiger partial charge in [0.1, 0.15) is 11.5 Å². The molecule has 160 valence electrons. The lowest BCUT2D eigenvalue weighted by molar-refractivity contribution is 0.0958. The summed E-state index contributed by atoms with van der Waals surface area (Å²) in [4.78, 5) is 24.5. The molecule has 0 fully saturated rings. The smallest absolute Gasteiger partial charge is 0.434 e. The molecule has 0 heterocycles. The highest BCUT2D eigenvalue weighted by molar-refractivity contribution is 5.98. The highest BCUT2D eigenvalue weighted by Gasteiger charge is 2.25. The maximum Gasteiger partial charge on any atom is 0.513 e. The molecule has 2 aromatic rings. The Morgan fingerprint density at radius 3 is 1.60 bits per heavy atom. The van der Waals surface area contributed by atoms with Crippen molar-refractivity contribution in [3.8, 4) is 11.5 Å². The third-order valence-corrected chi connectivity index (χ3v) is 4.95. The average Bonchev–Trinajstić information content (AvgIpc) is 2.76. The number of carbonyl (C=O) groups is 2. The van der Waals surface area contributed by atoms with Crippen LogP contribution in [-0.4, -0.2) is 25.5 Å². The van der Waals surface area contributed by atoms with Crippen LogP contribution < -0.4 is 9.47 Å². The number of benzene rings is 2. The fourth-order valence-corrected chi connectivity index (χ4v) is 3.37. The number of carbonyl (C=O) groups excluding carboxylic acids is 2. The van der Waals surface area contributed by atoms with Crippen molar-refractivity contribution in [2.24, 2.45) is 0 Å². The predicted molar refractivity (Wildman–Crippen MR) is 114 cm³/mol. The zero-order chi connectivity index (χ0) is 21.3. The van der Waals surface area contributed by atoms with Crippen molar-refractivity contribution >= 4 is 23.1 Å². The lowest BCUT2D eigenvalue weighted by Crippen LogP contribution is -2.17. The molecule has 0 aliphatic heterocycles. The van der Waals surface area contributed by atoms with Crippen LogP contribution in [-0.2, 0) is 22.3 Å². The minimum atomic E-state index is -0.724. The van der Waals surface area contributed by atoms with E-state index >= 15 is 0 Å². The van der Waals surface area contributed by atoms with Crippen LogP contribution >= 0.6 is 0 Å². The average molecular weight is 412 g/mol. The van der Waals surface area contributed by atoms with Crippen LogP contribution in [0.4, 0.5) is 9.59 Å². The number of fused-ring (bicyclic) bond motifs is 2. The Bertz CT molecular complexity index is 856. The molecule has 3 rings (SSSR count). The minimum Gasteiger partial charge on any atom is -0.434 e. The van der Waals surface area contributed by atoms with Crippen LogP contribution in [0.3, 0.4) is 0 Å². The van der Waals surface area contributed by atoms with E-state index in [0.717, 1.165) is 36.8 Å². The Labute approximate surface area is 176 Å². The maximum atomic E-state index is 12.3. The van der Waals surface area contributed by atoms with Gasteiger partial charge in [-0.25, -0.2) is 9.59 Å². The SMILES string of the molecule is CCCCOC(=O)Oc1c2c(c(OC(=O)OCCCC)c3ccccc13)CC=CC2. The van der Waals surface area contributed by atoms with E-state index in [4.69, 9.17) is 18.9 Å². The first-order valence-electron chi connectivity index (χ1n) is 10.6. The fraction of sp³-hybridized carbons (Fsp3) is 0.417. The number of allylic oxidation sites excluding steroid dienone is 2. The molecule has 0 aromatic heterocycles. The molecule has 1 aliphatic rings. The lowest BCUT2D eigenvalue weighted by atomic mass is 9.90. The third kappa shape index (κ3) is 5.12. The molecular formula is C24H28O6. The number of unbranched alkanes of at least 4 members (excludes halogenated alkanes) is 2. The van der Waals surface area contributed by atoms with Crippen LogP contribution in [0.15, 0.2) is 36.4 Å². The molecule has 1 aliphatic carbocycles. The molecular weight excluding hydrogens is 384 g/mol. The second-order valence-corrected chi connectivity index (χ2v) is 7.15. The second kappa shape index (κ2) is 10.7.